The van der Waals surface area contributed by atoms with Crippen LogP contribution in [0.3, 0.4) is 0 Å². The van der Waals surface area contributed by atoms with Crippen molar-refractivity contribution in [1.29, 1.82) is 0 Å². The van der Waals surface area contributed by atoms with Gasteiger partial charge in [0.05, 0.1) is 0 Å². The predicted octanol–water partition coefficient (Wildman–Crippen LogP) is 0.970. The van der Waals surface area contributed by atoms with Crippen molar-refractivity contribution in [1.82, 2.24) is 16.0 Å². The summed E-state index contributed by atoms with van der Waals surface area (Å²) in [6.45, 7) is 5.26. The molecule has 134 valence electrons. The van der Waals surface area contributed by atoms with Gasteiger partial charge < -0.3 is 15.7 Å². The second kappa shape index (κ2) is 6.92. The Morgan fingerprint density at radius 3 is 2.48 bits per heavy atom. The highest BCUT2D eigenvalue weighted by Gasteiger charge is 2.43. The molecule has 2 atom stereocenters. The third kappa shape index (κ3) is 3.96. The van der Waals surface area contributed by atoms with E-state index in [9.17, 15) is 24.3 Å². The van der Waals surface area contributed by atoms with Gasteiger partial charge in [-0.05, 0) is 37.0 Å². The van der Waals surface area contributed by atoms with Crippen LogP contribution in [0.15, 0.2) is 24.3 Å². The fraction of sp³-hybridized carbons (Fsp3) is 0.412. The highest BCUT2D eigenvalue weighted by molar-refractivity contribution is 6.07. The van der Waals surface area contributed by atoms with Gasteiger partial charge in [0.2, 0.25) is 0 Å². The Labute approximate surface area is 145 Å². The van der Waals surface area contributed by atoms with Crippen molar-refractivity contribution < 1.29 is 24.3 Å². The zero-order chi connectivity index (χ0) is 18.8. The van der Waals surface area contributed by atoms with Crippen LogP contribution in [0.25, 0.3) is 0 Å². The average molecular weight is 347 g/mol. The Morgan fingerprint density at radius 2 is 1.96 bits per heavy atom. The van der Waals surface area contributed by atoms with Gasteiger partial charge in [-0.25, -0.2) is 9.59 Å². The van der Waals surface area contributed by atoms with Crippen LogP contribution in [0.4, 0.5) is 4.79 Å². The topological polar surface area (TPSA) is 125 Å². The van der Waals surface area contributed by atoms with E-state index in [1.807, 2.05) is 13.8 Å². The lowest BCUT2D eigenvalue weighted by molar-refractivity contribution is -0.139. The molecule has 1 fully saturated rings. The zero-order valence-electron chi connectivity index (χ0n) is 14.3. The summed E-state index contributed by atoms with van der Waals surface area (Å²) in [5.41, 5.74) is -0.640. The minimum absolute atomic E-state index is 0.101. The van der Waals surface area contributed by atoms with E-state index in [-0.39, 0.29) is 11.5 Å². The number of imide groups is 1. The van der Waals surface area contributed by atoms with Gasteiger partial charge >= 0.3 is 12.0 Å². The molecular formula is C17H21N3O5. The summed E-state index contributed by atoms with van der Waals surface area (Å²) >= 11 is 0. The second-order valence-electron chi connectivity index (χ2n) is 6.61. The number of urea groups is 1. The Balaban J connectivity index is 2.23. The van der Waals surface area contributed by atoms with Crippen LogP contribution in [0, 0.1) is 5.92 Å². The van der Waals surface area contributed by atoms with Crippen molar-refractivity contribution in [3.63, 3.8) is 0 Å². The summed E-state index contributed by atoms with van der Waals surface area (Å²) in [4.78, 5) is 47.1. The largest absolute Gasteiger partial charge is 0.480 e. The van der Waals surface area contributed by atoms with Crippen molar-refractivity contribution in [2.24, 2.45) is 5.92 Å². The highest BCUT2D eigenvalue weighted by atomic mass is 16.4. The Morgan fingerprint density at radius 1 is 1.28 bits per heavy atom. The summed E-state index contributed by atoms with van der Waals surface area (Å²) in [7, 11) is 0. The Bertz CT molecular complexity index is 731. The van der Waals surface area contributed by atoms with E-state index in [1.54, 1.807) is 12.1 Å². The smallest absolute Gasteiger partial charge is 0.326 e. The number of nitrogens with one attached hydrogen (secondary N) is 3. The number of rotatable bonds is 6. The number of hydrogen-bond donors (Lipinski definition) is 4. The number of benzene rings is 1. The number of carboxylic acid groups (broad SMARTS) is 1. The summed E-state index contributed by atoms with van der Waals surface area (Å²) in [6.07, 6.45) is 0.303. The number of carboxylic acids is 1. The van der Waals surface area contributed by atoms with Crippen LogP contribution in [-0.4, -0.2) is 35.0 Å². The minimum Gasteiger partial charge on any atom is -0.480 e. The molecule has 4 N–H and O–H groups in total. The van der Waals surface area contributed by atoms with Gasteiger partial charge in [-0.3, -0.25) is 14.9 Å². The summed E-state index contributed by atoms with van der Waals surface area (Å²) < 4.78 is 0. The van der Waals surface area contributed by atoms with Crippen molar-refractivity contribution in [2.75, 3.05) is 0 Å². The molecular weight excluding hydrogens is 326 g/mol. The van der Waals surface area contributed by atoms with Gasteiger partial charge in [-0.15, -0.1) is 0 Å². The first-order chi connectivity index (χ1) is 11.6. The summed E-state index contributed by atoms with van der Waals surface area (Å²) in [6, 6.07) is 4.57. The van der Waals surface area contributed by atoms with E-state index in [0.29, 0.717) is 12.0 Å². The van der Waals surface area contributed by atoms with Crippen LogP contribution < -0.4 is 16.0 Å². The first kappa shape index (κ1) is 18.4. The third-order valence-electron chi connectivity index (χ3n) is 4.06. The van der Waals surface area contributed by atoms with E-state index >= 15 is 0 Å². The molecule has 1 heterocycles. The molecule has 1 aliphatic heterocycles. The number of carbonyl (C=O) groups is 4. The maximum Gasteiger partial charge on any atom is 0.326 e. The summed E-state index contributed by atoms with van der Waals surface area (Å²) in [5, 5.41) is 16.4. The molecule has 2 rings (SSSR count). The molecule has 8 nitrogen and oxygen atoms in total. The van der Waals surface area contributed by atoms with Crippen LogP contribution in [0.1, 0.15) is 43.1 Å². The van der Waals surface area contributed by atoms with Gasteiger partial charge in [-0.1, -0.05) is 26.0 Å². The molecule has 1 aromatic carbocycles. The Kier molecular flexibility index (Phi) is 5.10. The van der Waals surface area contributed by atoms with E-state index in [0.717, 1.165) is 0 Å². The number of hydrogen-bond acceptors (Lipinski definition) is 4. The lowest BCUT2D eigenvalue weighted by Crippen LogP contribution is -2.42. The number of amides is 4. The van der Waals surface area contributed by atoms with Gasteiger partial charge in [0.15, 0.2) is 0 Å². The van der Waals surface area contributed by atoms with E-state index in [1.165, 1.54) is 19.1 Å². The van der Waals surface area contributed by atoms with Crippen LogP contribution in [0.2, 0.25) is 0 Å². The van der Waals surface area contributed by atoms with Crippen LogP contribution in [-0.2, 0) is 15.1 Å². The lowest BCUT2D eigenvalue weighted by Gasteiger charge is -2.22. The van der Waals surface area contributed by atoms with E-state index in [4.69, 9.17) is 0 Å². The van der Waals surface area contributed by atoms with Gasteiger partial charge in [0.1, 0.15) is 11.6 Å². The fourth-order valence-corrected chi connectivity index (χ4v) is 2.65. The minimum atomic E-state index is -1.28. The van der Waals surface area contributed by atoms with Gasteiger partial charge in [0, 0.05) is 5.56 Å². The highest BCUT2D eigenvalue weighted by Crippen LogP contribution is 2.25. The molecule has 1 aliphatic rings. The second-order valence-corrected chi connectivity index (χ2v) is 6.61. The molecule has 1 saturated heterocycles. The molecule has 25 heavy (non-hydrogen) atoms. The monoisotopic (exact) mass is 347 g/mol. The lowest BCUT2D eigenvalue weighted by atomic mass is 9.91. The SMILES string of the molecule is CC(C)C[C@@H](NC(=O)c1cccc(C2(C)NC(=O)NC2=O)c1)C(=O)O. The van der Waals surface area contributed by atoms with Crippen molar-refractivity contribution in [2.45, 2.75) is 38.8 Å². The van der Waals surface area contributed by atoms with Gasteiger partial charge in [-0.2, -0.15) is 0 Å². The molecule has 8 heteroatoms. The maximum absolute atomic E-state index is 12.4. The standard InChI is InChI=1S/C17H21N3O5/c1-9(2)7-12(14(22)23)18-13(21)10-5-4-6-11(8-10)17(3)15(24)19-16(25)20-17/h4-6,8-9,12H,7H2,1-3H3,(H,18,21)(H,22,23)(H2,19,20,24,25)/t12-,17?/m1/s1. The predicted molar refractivity (Wildman–Crippen MR) is 88.8 cm³/mol. The Hall–Kier alpha value is -2.90. The molecule has 0 aliphatic carbocycles. The average Bonchev–Trinajstić information content (AvgIpc) is 2.79. The normalized spacial score (nSPS) is 20.8. The molecule has 0 bridgehead atoms. The summed E-state index contributed by atoms with van der Waals surface area (Å²) in [5.74, 6) is -2.07. The first-order valence-corrected chi connectivity index (χ1v) is 7.91. The molecule has 1 unspecified atom stereocenters. The third-order valence-corrected chi connectivity index (χ3v) is 4.06. The van der Waals surface area contributed by atoms with Crippen molar-refractivity contribution >= 4 is 23.8 Å². The first-order valence-electron chi connectivity index (χ1n) is 7.91. The molecule has 0 saturated carbocycles. The fourth-order valence-electron chi connectivity index (χ4n) is 2.65. The molecule has 0 spiro atoms. The number of carbonyl (C=O) groups excluding carboxylic acids is 3. The quantitative estimate of drug-likeness (QED) is 0.571. The molecule has 0 aromatic heterocycles. The molecule has 0 radical (unpaired) electrons. The van der Waals surface area contributed by atoms with E-state index in [2.05, 4.69) is 16.0 Å². The molecule has 1 aromatic rings. The maximum atomic E-state index is 12.4. The van der Waals surface area contributed by atoms with E-state index < -0.39 is 35.4 Å². The van der Waals surface area contributed by atoms with Gasteiger partial charge in [0.25, 0.3) is 11.8 Å². The van der Waals surface area contributed by atoms with Crippen molar-refractivity contribution in [3.05, 3.63) is 35.4 Å². The van der Waals surface area contributed by atoms with Crippen molar-refractivity contribution in [3.8, 4) is 0 Å². The molecule has 4 amide bonds. The number of aliphatic carboxylic acids is 1. The van der Waals surface area contributed by atoms with Crippen LogP contribution in [0.5, 0.6) is 0 Å². The zero-order valence-corrected chi connectivity index (χ0v) is 14.3. The van der Waals surface area contributed by atoms with Crippen LogP contribution >= 0.6 is 0 Å².